The molecule has 5 heteroatoms. The van der Waals surface area contributed by atoms with E-state index in [0.29, 0.717) is 12.1 Å². The van der Waals surface area contributed by atoms with Crippen molar-refractivity contribution in [2.24, 2.45) is 0 Å². The van der Waals surface area contributed by atoms with Crippen LogP contribution in [-0.2, 0) is 11.3 Å². The van der Waals surface area contributed by atoms with Crippen molar-refractivity contribution in [3.8, 4) is 0 Å². The molecule has 0 bridgehead atoms. The van der Waals surface area contributed by atoms with E-state index < -0.39 is 12.0 Å². The summed E-state index contributed by atoms with van der Waals surface area (Å²) in [5, 5.41) is 12.8. The Hall–Kier alpha value is -2.53. The van der Waals surface area contributed by atoms with Crippen LogP contribution in [0.25, 0.3) is 0 Å². The van der Waals surface area contributed by atoms with E-state index >= 15 is 0 Å². The van der Waals surface area contributed by atoms with E-state index in [4.69, 9.17) is 0 Å². The zero-order chi connectivity index (χ0) is 16.8. The number of carbonyl (C=O) groups excluding carboxylic acids is 2. The number of hydrogen-bond acceptors (Lipinski definition) is 3. The van der Waals surface area contributed by atoms with Gasteiger partial charge in [0.15, 0.2) is 5.78 Å². The number of aliphatic carboxylic acids is 1. The van der Waals surface area contributed by atoms with Gasteiger partial charge < -0.3 is 15.2 Å². The molecular weight excluding hydrogens is 297 g/mol. The van der Waals surface area contributed by atoms with E-state index in [0.717, 1.165) is 11.1 Å². The standard InChI is InChI=1S/C18H18FNO3/c1-12-2-6-14(7-3-12)17(21)10-16(18(22)23)20-11-13-4-8-15(19)9-5-13/h2-9,16,20H,10-11H2,1H3,(H,22,23)/t16-/m0/s1. The maximum absolute atomic E-state index is 12.8. The third kappa shape index (κ3) is 5.00. The Morgan fingerprint density at radius 2 is 1.70 bits per heavy atom. The predicted molar refractivity (Wildman–Crippen MR) is 81.0 cm³/mol. The Kier molecular flexibility index (Phi) is 5.60. The Morgan fingerprint density at radius 3 is 2.26 bits per heavy atom. The molecule has 0 aromatic heterocycles. The monoisotopic (exact) mass is 315 g/mol. The smallest absolute Gasteiger partial charge is 0.169 e. The van der Waals surface area contributed by atoms with Crippen molar-refractivity contribution in [2.45, 2.75) is 25.9 Å². The molecule has 0 aliphatic heterocycles. The van der Waals surface area contributed by atoms with Crippen LogP contribution in [0.2, 0.25) is 0 Å². The Labute approximate surface area is 134 Å². The molecule has 2 N–H and O–H groups in total. The number of ketones is 1. The fourth-order valence-corrected chi connectivity index (χ4v) is 2.22. The summed E-state index contributed by atoms with van der Waals surface area (Å²) in [5.74, 6) is -1.87. The van der Waals surface area contributed by atoms with Crippen molar-refractivity contribution in [1.29, 1.82) is 0 Å². The molecule has 0 aliphatic carbocycles. The maximum Gasteiger partial charge on any atom is 0.169 e. The lowest BCUT2D eigenvalue weighted by atomic mass is 10.0. The Balaban J connectivity index is 1.98. The van der Waals surface area contributed by atoms with Gasteiger partial charge in [0, 0.05) is 11.1 Å². The summed E-state index contributed by atoms with van der Waals surface area (Å²) in [6, 6.07) is 11.8. The van der Waals surface area contributed by atoms with Gasteiger partial charge in [0.1, 0.15) is 18.4 Å². The lowest BCUT2D eigenvalue weighted by molar-refractivity contribution is -0.697. The van der Waals surface area contributed by atoms with Gasteiger partial charge in [0.2, 0.25) is 0 Å². The number of benzene rings is 2. The third-order valence-corrected chi connectivity index (χ3v) is 3.63. The second-order valence-electron chi connectivity index (χ2n) is 5.49. The van der Waals surface area contributed by atoms with Crippen LogP contribution in [0.15, 0.2) is 48.5 Å². The van der Waals surface area contributed by atoms with Gasteiger partial charge in [-0.05, 0) is 19.1 Å². The highest BCUT2D eigenvalue weighted by Crippen LogP contribution is 2.07. The predicted octanol–water partition coefficient (Wildman–Crippen LogP) is 0.589. The zero-order valence-electron chi connectivity index (χ0n) is 12.8. The number of halogens is 1. The second-order valence-corrected chi connectivity index (χ2v) is 5.49. The zero-order valence-corrected chi connectivity index (χ0v) is 12.8. The van der Waals surface area contributed by atoms with Crippen LogP contribution in [0.4, 0.5) is 4.39 Å². The van der Waals surface area contributed by atoms with Gasteiger partial charge in [-0.25, -0.2) is 4.39 Å². The number of carbonyl (C=O) groups is 2. The van der Waals surface area contributed by atoms with E-state index in [9.17, 15) is 19.1 Å². The van der Waals surface area contributed by atoms with Crippen LogP contribution in [0.3, 0.4) is 0 Å². The molecular formula is C18H18FNO3. The molecule has 0 amide bonds. The summed E-state index contributed by atoms with van der Waals surface area (Å²) in [5.41, 5.74) is 2.29. The van der Waals surface area contributed by atoms with Gasteiger partial charge in [-0.3, -0.25) is 4.79 Å². The number of rotatable bonds is 7. The summed E-state index contributed by atoms with van der Waals surface area (Å²) < 4.78 is 12.8. The Bertz CT molecular complexity index is 680. The lowest BCUT2D eigenvalue weighted by Gasteiger charge is -2.16. The van der Waals surface area contributed by atoms with E-state index in [1.807, 2.05) is 19.1 Å². The summed E-state index contributed by atoms with van der Waals surface area (Å²) in [4.78, 5) is 23.4. The summed E-state index contributed by atoms with van der Waals surface area (Å²) in [6.45, 7) is 2.24. The molecule has 2 aromatic carbocycles. The van der Waals surface area contributed by atoms with Gasteiger partial charge in [0.05, 0.1) is 12.4 Å². The second kappa shape index (κ2) is 7.65. The molecule has 0 unspecified atom stereocenters. The van der Waals surface area contributed by atoms with Gasteiger partial charge in [-0.15, -0.1) is 0 Å². The molecule has 0 radical (unpaired) electrons. The van der Waals surface area contributed by atoms with Crippen LogP contribution in [0.1, 0.15) is 27.9 Å². The number of aryl methyl sites for hydroxylation is 1. The molecule has 4 nitrogen and oxygen atoms in total. The summed E-state index contributed by atoms with van der Waals surface area (Å²) >= 11 is 0. The molecule has 120 valence electrons. The summed E-state index contributed by atoms with van der Waals surface area (Å²) in [7, 11) is 0. The van der Waals surface area contributed by atoms with Crippen LogP contribution < -0.4 is 10.4 Å². The average Bonchev–Trinajstić information content (AvgIpc) is 2.53. The van der Waals surface area contributed by atoms with Crippen molar-refractivity contribution in [3.63, 3.8) is 0 Å². The Morgan fingerprint density at radius 1 is 1.09 bits per heavy atom. The number of hydrogen-bond donors (Lipinski definition) is 1. The van der Waals surface area contributed by atoms with Gasteiger partial charge in [-0.1, -0.05) is 42.0 Å². The molecule has 0 spiro atoms. The number of Topliss-reactive ketones (excluding diaryl/α,β-unsaturated/α-hetero) is 1. The minimum absolute atomic E-state index is 0.146. The lowest BCUT2D eigenvalue weighted by Crippen LogP contribution is -2.92. The molecule has 0 saturated carbocycles. The fourth-order valence-electron chi connectivity index (χ4n) is 2.22. The highest BCUT2D eigenvalue weighted by atomic mass is 19.1. The van der Waals surface area contributed by atoms with E-state index in [1.165, 1.54) is 17.4 Å². The maximum atomic E-state index is 12.8. The van der Waals surface area contributed by atoms with Crippen molar-refractivity contribution >= 4 is 11.8 Å². The molecule has 0 saturated heterocycles. The topological polar surface area (TPSA) is 73.8 Å². The first-order chi connectivity index (χ1) is 11.0. The first-order valence-electron chi connectivity index (χ1n) is 7.34. The molecule has 2 aromatic rings. The number of carboxylic acids is 1. The first-order valence-corrected chi connectivity index (χ1v) is 7.34. The molecule has 2 rings (SSSR count). The van der Waals surface area contributed by atoms with Gasteiger partial charge in [-0.2, -0.15) is 0 Å². The number of nitrogens with two attached hydrogens (primary N) is 1. The highest BCUT2D eigenvalue weighted by Gasteiger charge is 2.19. The normalized spacial score (nSPS) is 11.9. The highest BCUT2D eigenvalue weighted by molar-refractivity contribution is 5.98. The summed E-state index contributed by atoms with van der Waals surface area (Å²) in [6.07, 6.45) is -0.146. The number of carboxylic acid groups (broad SMARTS) is 1. The van der Waals surface area contributed by atoms with E-state index in [1.54, 1.807) is 24.3 Å². The first kappa shape index (κ1) is 16.8. The van der Waals surface area contributed by atoms with Crippen molar-refractivity contribution in [1.82, 2.24) is 0 Å². The quantitative estimate of drug-likeness (QED) is 0.760. The van der Waals surface area contributed by atoms with E-state index in [-0.39, 0.29) is 18.0 Å². The molecule has 0 heterocycles. The van der Waals surface area contributed by atoms with Crippen molar-refractivity contribution < 1.29 is 24.4 Å². The SMILES string of the molecule is Cc1ccc(C(=O)C[C@H]([NH2+]Cc2ccc(F)cc2)C(=O)[O-])cc1. The van der Waals surface area contributed by atoms with Crippen molar-refractivity contribution in [2.75, 3.05) is 0 Å². The van der Waals surface area contributed by atoms with E-state index in [2.05, 4.69) is 0 Å². The average molecular weight is 315 g/mol. The molecule has 0 fully saturated rings. The molecule has 1 atom stereocenters. The van der Waals surface area contributed by atoms with Crippen LogP contribution in [0.5, 0.6) is 0 Å². The van der Waals surface area contributed by atoms with Crippen molar-refractivity contribution in [3.05, 3.63) is 71.0 Å². The number of quaternary nitrogens is 1. The minimum atomic E-state index is -1.28. The van der Waals surface area contributed by atoms with Crippen LogP contribution in [0, 0.1) is 12.7 Å². The largest absolute Gasteiger partial charge is 0.544 e. The molecule has 0 aliphatic rings. The minimum Gasteiger partial charge on any atom is -0.544 e. The van der Waals surface area contributed by atoms with Crippen LogP contribution >= 0.6 is 0 Å². The van der Waals surface area contributed by atoms with Crippen LogP contribution in [-0.4, -0.2) is 17.8 Å². The van der Waals surface area contributed by atoms with Gasteiger partial charge >= 0.3 is 0 Å². The third-order valence-electron chi connectivity index (χ3n) is 3.63. The fraction of sp³-hybridized carbons (Fsp3) is 0.222. The molecule has 23 heavy (non-hydrogen) atoms. The van der Waals surface area contributed by atoms with Gasteiger partial charge in [0.25, 0.3) is 0 Å².